The first-order valence-corrected chi connectivity index (χ1v) is 7.75. The van der Waals surface area contributed by atoms with Crippen LogP contribution in [0.4, 0.5) is 8.78 Å². The number of halogens is 2. The minimum Gasteiger partial charge on any atom is -0.454 e. The zero-order valence-electron chi connectivity index (χ0n) is 13.8. The average Bonchev–Trinajstić information content (AvgIpc) is 3.08. The van der Waals surface area contributed by atoms with E-state index in [1.807, 2.05) is 6.07 Å². The van der Waals surface area contributed by atoms with E-state index in [1.54, 1.807) is 32.2 Å². The molecule has 1 atom stereocenters. The fraction of sp³-hybridized carbons (Fsp3) is 0.211. The van der Waals surface area contributed by atoms with Crippen molar-refractivity contribution in [3.63, 3.8) is 0 Å². The van der Waals surface area contributed by atoms with Crippen molar-refractivity contribution in [1.29, 1.82) is 0 Å². The molecule has 0 aromatic heterocycles. The maximum absolute atomic E-state index is 13.4. The van der Waals surface area contributed by atoms with E-state index < -0.39 is 17.7 Å². The molecule has 1 aliphatic rings. The Kier molecular flexibility index (Phi) is 4.70. The van der Waals surface area contributed by atoms with Crippen LogP contribution in [0.15, 0.2) is 42.5 Å². The van der Waals surface area contributed by atoms with E-state index in [0.717, 1.165) is 17.7 Å². The zero-order valence-corrected chi connectivity index (χ0v) is 13.8. The lowest BCUT2D eigenvalue weighted by Gasteiger charge is -2.24. The van der Waals surface area contributed by atoms with Crippen LogP contribution in [0.1, 0.15) is 24.1 Å². The van der Waals surface area contributed by atoms with Gasteiger partial charge in [0.25, 0.3) is 0 Å². The van der Waals surface area contributed by atoms with E-state index in [-0.39, 0.29) is 12.7 Å². The van der Waals surface area contributed by atoms with Gasteiger partial charge in [-0.05, 0) is 48.4 Å². The van der Waals surface area contributed by atoms with Crippen LogP contribution in [0.3, 0.4) is 0 Å². The van der Waals surface area contributed by atoms with Gasteiger partial charge in [-0.3, -0.25) is 4.79 Å². The summed E-state index contributed by atoms with van der Waals surface area (Å²) >= 11 is 0. The Hall–Kier alpha value is -2.89. The van der Waals surface area contributed by atoms with Crippen LogP contribution in [0.2, 0.25) is 0 Å². The fourth-order valence-electron chi connectivity index (χ4n) is 2.49. The molecule has 0 aliphatic carbocycles. The van der Waals surface area contributed by atoms with Gasteiger partial charge < -0.3 is 14.4 Å². The summed E-state index contributed by atoms with van der Waals surface area (Å²) in [6.07, 6.45) is 3.09. The highest BCUT2D eigenvalue weighted by Crippen LogP contribution is 2.32. The van der Waals surface area contributed by atoms with Gasteiger partial charge in [0.1, 0.15) is 0 Å². The molecule has 0 bridgehead atoms. The number of carbonyl (C=O) groups excluding carboxylic acids is 1. The third kappa shape index (κ3) is 3.63. The first kappa shape index (κ1) is 17.0. The molecule has 1 unspecified atom stereocenters. The number of likely N-dealkylation sites (N-methyl/N-ethyl adjacent to an activating group) is 1. The summed E-state index contributed by atoms with van der Waals surface area (Å²) in [6.45, 7) is 1.94. The van der Waals surface area contributed by atoms with Gasteiger partial charge in [0.2, 0.25) is 12.7 Å². The van der Waals surface area contributed by atoms with Crippen molar-refractivity contribution in [2.24, 2.45) is 0 Å². The van der Waals surface area contributed by atoms with Gasteiger partial charge in [-0.1, -0.05) is 12.1 Å². The van der Waals surface area contributed by atoms with E-state index in [4.69, 9.17) is 9.47 Å². The summed E-state index contributed by atoms with van der Waals surface area (Å²) in [5.41, 5.74) is 1.32. The highest BCUT2D eigenvalue weighted by Gasteiger charge is 2.17. The highest BCUT2D eigenvalue weighted by molar-refractivity contribution is 5.92. The number of hydrogen-bond acceptors (Lipinski definition) is 3. The second kappa shape index (κ2) is 6.93. The van der Waals surface area contributed by atoms with Crippen LogP contribution in [-0.2, 0) is 4.79 Å². The normalized spacial score (nSPS) is 13.9. The Balaban J connectivity index is 1.70. The van der Waals surface area contributed by atoms with Crippen LogP contribution in [0.25, 0.3) is 6.08 Å². The largest absolute Gasteiger partial charge is 0.454 e. The van der Waals surface area contributed by atoms with Crippen LogP contribution in [-0.4, -0.2) is 24.6 Å². The van der Waals surface area contributed by atoms with Crippen molar-refractivity contribution in [3.05, 3.63) is 65.2 Å². The summed E-state index contributed by atoms with van der Waals surface area (Å²) < 4.78 is 36.9. The number of carbonyl (C=O) groups is 1. The first-order valence-electron chi connectivity index (χ1n) is 7.75. The monoisotopic (exact) mass is 345 g/mol. The van der Waals surface area contributed by atoms with Crippen molar-refractivity contribution in [1.82, 2.24) is 4.90 Å². The number of rotatable bonds is 4. The molecule has 130 valence electrons. The van der Waals surface area contributed by atoms with Crippen LogP contribution >= 0.6 is 0 Å². The molecule has 4 nitrogen and oxygen atoms in total. The van der Waals surface area contributed by atoms with Crippen molar-refractivity contribution in [3.8, 4) is 11.5 Å². The van der Waals surface area contributed by atoms with Gasteiger partial charge in [0.05, 0.1) is 6.04 Å². The average molecular weight is 345 g/mol. The molecule has 1 amide bonds. The highest BCUT2D eigenvalue weighted by atomic mass is 19.2. The summed E-state index contributed by atoms with van der Waals surface area (Å²) in [5.74, 6) is -0.783. The van der Waals surface area contributed by atoms with E-state index >= 15 is 0 Å². The molecule has 1 heterocycles. The molecule has 0 saturated carbocycles. The molecule has 2 aromatic rings. The van der Waals surface area contributed by atoms with Crippen LogP contribution in [0, 0.1) is 11.6 Å². The molecule has 0 saturated heterocycles. The summed E-state index contributed by atoms with van der Waals surface area (Å²) in [6, 6.07) is 8.60. The lowest BCUT2D eigenvalue weighted by molar-refractivity contribution is -0.126. The van der Waals surface area contributed by atoms with Crippen molar-refractivity contribution in [2.75, 3.05) is 13.8 Å². The molecule has 0 fully saturated rings. The Labute approximate surface area is 144 Å². The molecule has 0 spiro atoms. The van der Waals surface area contributed by atoms with Gasteiger partial charge in [0, 0.05) is 13.1 Å². The first-order chi connectivity index (χ1) is 12.0. The predicted octanol–water partition coefficient (Wildman–Crippen LogP) is 3.93. The number of benzene rings is 2. The number of hydrogen-bond donors (Lipinski definition) is 0. The zero-order chi connectivity index (χ0) is 18.0. The fourth-order valence-corrected chi connectivity index (χ4v) is 2.49. The van der Waals surface area contributed by atoms with Gasteiger partial charge in [-0.25, -0.2) is 8.78 Å². The predicted molar refractivity (Wildman–Crippen MR) is 89.1 cm³/mol. The number of ether oxygens (including phenoxy) is 2. The minimum absolute atomic E-state index is 0.190. The van der Waals surface area contributed by atoms with E-state index in [1.165, 1.54) is 17.0 Å². The third-order valence-electron chi connectivity index (χ3n) is 4.17. The molecular weight excluding hydrogens is 328 g/mol. The third-order valence-corrected chi connectivity index (χ3v) is 4.17. The summed E-state index contributed by atoms with van der Waals surface area (Å²) in [5, 5.41) is 0. The summed E-state index contributed by atoms with van der Waals surface area (Å²) in [4.78, 5) is 13.8. The standard InChI is InChI=1S/C19H17F2NO3/c1-12(14-5-6-15(20)16(21)10-14)22(2)19(23)8-4-13-3-7-17-18(9-13)25-11-24-17/h3-10,12H,11H2,1-2H3/b8-4+. The number of nitrogens with zero attached hydrogens (tertiary/aromatic N) is 1. The second-order valence-electron chi connectivity index (χ2n) is 5.74. The second-order valence-corrected chi connectivity index (χ2v) is 5.74. The number of fused-ring (bicyclic) bond motifs is 1. The molecule has 6 heteroatoms. The van der Waals surface area contributed by atoms with Crippen molar-refractivity contribution < 1.29 is 23.0 Å². The smallest absolute Gasteiger partial charge is 0.246 e. The molecule has 1 aliphatic heterocycles. The Morgan fingerprint density at radius 3 is 2.64 bits per heavy atom. The van der Waals surface area contributed by atoms with Gasteiger partial charge >= 0.3 is 0 Å². The lowest BCUT2D eigenvalue weighted by atomic mass is 10.1. The van der Waals surface area contributed by atoms with Crippen LogP contribution < -0.4 is 9.47 Å². The molecule has 2 aromatic carbocycles. The molecule has 3 rings (SSSR count). The maximum Gasteiger partial charge on any atom is 0.246 e. The van der Waals surface area contributed by atoms with Gasteiger partial charge in [-0.15, -0.1) is 0 Å². The maximum atomic E-state index is 13.4. The molecule has 0 N–H and O–H groups in total. The minimum atomic E-state index is -0.930. The number of amides is 1. The van der Waals surface area contributed by atoms with E-state index in [2.05, 4.69) is 0 Å². The molecular formula is C19H17F2NO3. The Morgan fingerprint density at radius 2 is 1.88 bits per heavy atom. The van der Waals surface area contributed by atoms with Gasteiger partial charge in [0.15, 0.2) is 23.1 Å². The van der Waals surface area contributed by atoms with Crippen LogP contribution in [0.5, 0.6) is 11.5 Å². The van der Waals surface area contributed by atoms with E-state index in [0.29, 0.717) is 17.1 Å². The van der Waals surface area contributed by atoms with Crippen molar-refractivity contribution >= 4 is 12.0 Å². The SMILES string of the molecule is CC(c1ccc(F)c(F)c1)N(C)C(=O)/C=C/c1ccc2c(c1)OCO2. The summed E-state index contributed by atoms with van der Waals surface area (Å²) in [7, 11) is 1.61. The van der Waals surface area contributed by atoms with Gasteiger partial charge in [-0.2, -0.15) is 0 Å². The topological polar surface area (TPSA) is 38.8 Å². The molecule has 25 heavy (non-hydrogen) atoms. The lowest BCUT2D eigenvalue weighted by Crippen LogP contribution is -2.28. The Morgan fingerprint density at radius 1 is 1.12 bits per heavy atom. The Bertz CT molecular complexity index is 835. The quantitative estimate of drug-likeness (QED) is 0.788. The van der Waals surface area contributed by atoms with E-state index in [9.17, 15) is 13.6 Å². The molecule has 0 radical (unpaired) electrons. The van der Waals surface area contributed by atoms with Crippen molar-refractivity contribution in [2.45, 2.75) is 13.0 Å².